The summed E-state index contributed by atoms with van der Waals surface area (Å²) >= 11 is 0. The largest absolute Gasteiger partial charge is 0.416 e. The van der Waals surface area contributed by atoms with Gasteiger partial charge in [-0.15, -0.1) is 0 Å². The first kappa shape index (κ1) is 16.9. The van der Waals surface area contributed by atoms with Crippen molar-refractivity contribution < 1.29 is 22.8 Å². The van der Waals surface area contributed by atoms with Crippen molar-refractivity contribution in [3.8, 4) is 0 Å². The second kappa shape index (κ2) is 6.19. The van der Waals surface area contributed by atoms with Crippen molar-refractivity contribution in [1.29, 1.82) is 0 Å². The highest BCUT2D eigenvalue weighted by Gasteiger charge is 2.32. The molecule has 1 atom stereocenters. The highest BCUT2D eigenvalue weighted by Crippen LogP contribution is 2.30. The second-order valence-corrected chi connectivity index (χ2v) is 5.68. The van der Waals surface area contributed by atoms with Gasteiger partial charge in [0.25, 0.3) is 0 Å². The van der Waals surface area contributed by atoms with Crippen molar-refractivity contribution in [3.63, 3.8) is 0 Å². The predicted molar refractivity (Wildman–Crippen MR) is 81.6 cm³/mol. The Morgan fingerprint density at radius 3 is 2.92 bits per heavy atom. The van der Waals surface area contributed by atoms with E-state index in [1.54, 1.807) is 6.92 Å². The van der Waals surface area contributed by atoms with Crippen LogP contribution in [-0.4, -0.2) is 26.6 Å². The fourth-order valence-corrected chi connectivity index (χ4v) is 2.55. The number of aromatic nitrogens is 3. The van der Waals surface area contributed by atoms with Crippen LogP contribution in [0.4, 0.5) is 24.8 Å². The van der Waals surface area contributed by atoms with E-state index < -0.39 is 23.6 Å². The minimum Gasteiger partial charge on any atom is -0.326 e. The number of amides is 2. The summed E-state index contributed by atoms with van der Waals surface area (Å²) in [7, 11) is 0. The lowest BCUT2D eigenvalue weighted by molar-refractivity contribution is -0.137. The first-order chi connectivity index (χ1) is 11.7. The molecule has 0 unspecified atom stereocenters. The van der Waals surface area contributed by atoms with Crippen molar-refractivity contribution in [2.75, 3.05) is 10.6 Å². The molecule has 25 heavy (non-hydrogen) atoms. The van der Waals surface area contributed by atoms with Gasteiger partial charge in [-0.25, -0.2) is 4.68 Å². The highest BCUT2D eigenvalue weighted by atomic mass is 19.4. The molecule has 1 aromatic heterocycles. The molecule has 1 aliphatic heterocycles. The Bertz CT molecular complexity index is 831. The molecule has 0 aliphatic carbocycles. The van der Waals surface area contributed by atoms with E-state index in [1.807, 2.05) is 0 Å². The average Bonchev–Trinajstić information content (AvgIpc) is 2.86. The van der Waals surface area contributed by atoms with Crippen LogP contribution >= 0.6 is 0 Å². The van der Waals surface area contributed by atoms with Crippen LogP contribution in [-0.2, 0) is 22.3 Å². The van der Waals surface area contributed by atoms with Crippen LogP contribution in [0, 0.1) is 12.8 Å². The lowest BCUT2D eigenvalue weighted by atomic mass is 10.0. The molecule has 1 aromatic carbocycles. The Hall–Kier alpha value is -2.91. The summed E-state index contributed by atoms with van der Waals surface area (Å²) in [6.45, 7) is 1.85. The minimum absolute atomic E-state index is 0.0216. The topological polar surface area (TPSA) is 88.9 Å². The van der Waals surface area contributed by atoms with Crippen molar-refractivity contribution in [2.45, 2.75) is 26.1 Å². The lowest BCUT2D eigenvalue weighted by Crippen LogP contribution is -2.36. The van der Waals surface area contributed by atoms with Gasteiger partial charge in [0, 0.05) is 12.1 Å². The van der Waals surface area contributed by atoms with E-state index >= 15 is 0 Å². The third-order valence-electron chi connectivity index (χ3n) is 3.68. The number of hydrogen-bond donors (Lipinski definition) is 2. The molecule has 2 aromatic rings. The SMILES string of the molecule is Cc1nc2n(n1)C[C@H](CC(=O)Nc1cccc(C(F)(F)F)c1)C(=O)N2. The van der Waals surface area contributed by atoms with Gasteiger partial charge >= 0.3 is 6.18 Å². The molecule has 0 saturated heterocycles. The number of fused-ring (bicyclic) bond motifs is 1. The highest BCUT2D eigenvalue weighted by molar-refractivity contribution is 5.98. The first-order valence-corrected chi connectivity index (χ1v) is 7.42. The molecule has 3 rings (SSSR count). The normalized spacial score (nSPS) is 17.0. The minimum atomic E-state index is -4.49. The van der Waals surface area contributed by atoms with Gasteiger partial charge in [0.05, 0.1) is 18.0 Å². The number of anilines is 2. The predicted octanol–water partition coefficient (Wildman–Crippen LogP) is 2.20. The molecule has 7 nitrogen and oxygen atoms in total. The number of rotatable bonds is 3. The van der Waals surface area contributed by atoms with Gasteiger partial charge in [-0.05, 0) is 25.1 Å². The van der Waals surface area contributed by atoms with E-state index in [2.05, 4.69) is 20.7 Å². The Morgan fingerprint density at radius 2 is 2.20 bits per heavy atom. The summed E-state index contributed by atoms with van der Waals surface area (Å²) in [6.07, 6.45) is -4.67. The standard InChI is InChI=1S/C15H14F3N5O2/c1-8-19-14-21-13(25)9(7-23(14)22-8)5-12(24)20-11-4-2-3-10(6-11)15(16,17)18/h2-4,6,9H,5,7H2,1H3,(H,20,24)(H,19,21,22,25)/t9-/m0/s1. The summed E-state index contributed by atoms with van der Waals surface area (Å²) in [5.74, 6) is -0.806. The second-order valence-electron chi connectivity index (χ2n) is 5.68. The van der Waals surface area contributed by atoms with Crippen molar-refractivity contribution in [2.24, 2.45) is 5.92 Å². The number of benzene rings is 1. The summed E-state index contributed by atoms with van der Waals surface area (Å²) in [5.41, 5.74) is -0.836. The molecule has 0 fully saturated rings. The zero-order chi connectivity index (χ0) is 18.2. The van der Waals surface area contributed by atoms with Crippen LogP contribution in [0.25, 0.3) is 0 Å². The van der Waals surface area contributed by atoms with Crippen molar-refractivity contribution in [1.82, 2.24) is 14.8 Å². The Balaban J connectivity index is 1.66. The van der Waals surface area contributed by atoms with E-state index in [9.17, 15) is 22.8 Å². The van der Waals surface area contributed by atoms with Crippen LogP contribution in [0.2, 0.25) is 0 Å². The summed E-state index contributed by atoms with van der Waals surface area (Å²) in [6, 6.07) is 4.32. The monoisotopic (exact) mass is 353 g/mol. The van der Waals surface area contributed by atoms with Gasteiger partial charge in [0.1, 0.15) is 5.82 Å². The maximum Gasteiger partial charge on any atom is 0.416 e. The zero-order valence-corrected chi connectivity index (χ0v) is 13.1. The summed E-state index contributed by atoms with van der Waals surface area (Å²) in [4.78, 5) is 28.1. The Labute approximate surface area is 140 Å². The van der Waals surface area contributed by atoms with E-state index in [0.29, 0.717) is 11.8 Å². The molecule has 0 saturated carbocycles. The van der Waals surface area contributed by atoms with Gasteiger partial charge in [0.15, 0.2) is 0 Å². The lowest BCUT2D eigenvalue weighted by Gasteiger charge is -2.21. The molecule has 0 spiro atoms. The summed E-state index contributed by atoms with van der Waals surface area (Å²) in [5, 5.41) is 9.04. The van der Waals surface area contributed by atoms with E-state index in [4.69, 9.17) is 0 Å². The van der Waals surface area contributed by atoms with E-state index in [-0.39, 0.29) is 24.6 Å². The third-order valence-corrected chi connectivity index (χ3v) is 3.68. The molecular formula is C15H14F3N5O2. The van der Waals surface area contributed by atoms with E-state index in [0.717, 1.165) is 12.1 Å². The molecule has 10 heteroatoms. The van der Waals surface area contributed by atoms with Gasteiger partial charge < -0.3 is 5.32 Å². The average molecular weight is 353 g/mol. The van der Waals surface area contributed by atoms with Crippen LogP contribution in [0.3, 0.4) is 0 Å². The van der Waals surface area contributed by atoms with Crippen LogP contribution in [0.5, 0.6) is 0 Å². The Morgan fingerprint density at radius 1 is 1.44 bits per heavy atom. The number of halogens is 3. The molecule has 1 aliphatic rings. The molecule has 2 N–H and O–H groups in total. The maximum absolute atomic E-state index is 12.7. The smallest absolute Gasteiger partial charge is 0.326 e. The quantitative estimate of drug-likeness (QED) is 0.885. The maximum atomic E-state index is 12.7. The Kier molecular flexibility index (Phi) is 4.19. The number of carbonyl (C=O) groups is 2. The number of hydrogen-bond acceptors (Lipinski definition) is 4. The van der Waals surface area contributed by atoms with Crippen molar-refractivity contribution >= 4 is 23.5 Å². The molecule has 0 radical (unpaired) electrons. The van der Waals surface area contributed by atoms with Crippen LogP contribution in [0.15, 0.2) is 24.3 Å². The number of nitrogens with one attached hydrogen (secondary N) is 2. The van der Waals surface area contributed by atoms with Gasteiger partial charge in [-0.3, -0.25) is 14.9 Å². The van der Waals surface area contributed by atoms with E-state index in [1.165, 1.54) is 16.8 Å². The number of carbonyl (C=O) groups excluding carboxylic acids is 2. The van der Waals surface area contributed by atoms with Gasteiger partial charge in [0.2, 0.25) is 17.8 Å². The number of alkyl halides is 3. The van der Waals surface area contributed by atoms with Gasteiger partial charge in [-0.2, -0.15) is 23.3 Å². The fraction of sp³-hybridized carbons (Fsp3) is 0.333. The molecule has 2 heterocycles. The van der Waals surface area contributed by atoms with Crippen LogP contribution < -0.4 is 10.6 Å². The molecule has 2 amide bonds. The third kappa shape index (κ3) is 3.78. The summed E-state index contributed by atoms with van der Waals surface area (Å²) < 4.78 is 39.6. The first-order valence-electron chi connectivity index (χ1n) is 7.42. The molecular weight excluding hydrogens is 339 g/mol. The van der Waals surface area contributed by atoms with Crippen LogP contribution in [0.1, 0.15) is 17.8 Å². The molecule has 132 valence electrons. The fourth-order valence-electron chi connectivity index (χ4n) is 2.55. The number of aryl methyl sites for hydroxylation is 1. The molecule has 0 bridgehead atoms. The van der Waals surface area contributed by atoms with Crippen molar-refractivity contribution in [3.05, 3.63) is 35.7 Å². The number of nitrogens with zero attached hydrogens (tertiary/aromatic N) is 3. The van der Waals surface area contributed by atoms with Gasteiger partial charge in [-0.1, -0.05) is 6.07 Å². The zero-order valence-electron chi connectivity index (χ0n) is 13.1.